The number of ether oxygens (including phenoxy) is 2. The van der Waals surface area contributed by atoms with Crippen molar-refractivity contribution >= 4 is 18.0 Å². The van der Waals surface area contributed by atoms with Gasteiger partial charge in [0.25, 0.3) is 5.69 Å². The number of fused-ring (bicyclic) bond motifs is 1. The lowest BCUT2D eigenvalue weighted by Gasteiger charge is -2.03. The van der Waals surface area contributed by atoms with Gasteiger partial charge in [0.15, 0.2) is 11.5 Å². The maximum atomic E-state index is 11.6. The summed E-state index contributed by atoms with van der Waals surface area (Å²) in [6, 6.07) is 13.4. The number of benzene rings is 2. The van der Waals surface area contributed by atoms with Crippen LogP contribution in [0, 0.1) is 12.1 Å². The van der Waals surface area contributed by atoms with Crippen LogP contribution in [0.15, 0.2) is 58.2 Å². The van der Waals surface area contributed by atoms with Crippen LogP contribution >= 0.6 is 0 Å². The molecule has 0 bridgehead atoms. The normalized spacial score (nSPS) is 13.1. The minimum absolute atomic E-state index is 0.148. The summed E-state index contributed by atoms with van der Waals surface area (Å²) in [7, 11) is 0. The highest BCUT2D eigenvalue weighted by molar-refractivity contribution is 5.85. The summed E-state index contributed by atoms with van der Waals surface area (Å²) in [5, 5.41) is 15.4. The van der Waals surface area contributed by atoms with Crippen LogP contribution in [0.2, 0.25) is 0 Å². The molecule has 0 N–H and O–H groups in total. The van der Waals surface area contributed by atoms with Crippen LogP contribution in [0.25, 0.3) is 17.3 Å². The number of rotatable bonds is 4. The van der Waals surface area contributed by atoms with Crippen molar-refractivity contribution in [2.24, 2.45) is 4.99 Å². The Morgan fingerprint density at radius 3 is 2.65 bits per heavy atom. The van der Waals surface area contributed by atoms with Gasteiger partial charge in [0, 0.05) is 24.4 Å². The topological polar surface area (TPSA) is 83.8 Å². The lowest BCUT2D eigenvalue weighted by Crippen LogP contribution is -2.25. The van der Waals surface area contributed by atoms with E-state index < -0.39 is 0 Å². The molecule has 130 valence electrons. The van der Waals surface area contributed by atoms with Crippen molar-refractivity contribution < 1.29 is 19.0 Å². The monoisotopic (exact) mass is 349 g/mol. The molecule has 2 heterocycles. The highest BCUT2D eigenvalue weighted by Gasteiger charge is 2.24. The molecule has 0 atom stereocenters. The van der Waals surface area contributed by atoms with E-state index in [0.29, 0.717) is 39.0 Å². The summed E-state index contributed by atoms with van der Waals surface area (Å²) in [6.45, 7) is 1.78. The first-order valence-corrected chi connectivity index (χ1v) is 7.98. The molecule has 0 amide bonds. The van der Waals surface area contributed by atoms with Crippen LogP contribution in [0.4, 0.5) is 5.69 Å². The third kappa shape index (κ3) is 3.02. The first kappa shape index (κ1) is 15.9. The van der Waals surface area contributed by atoms with Crippen LogP contribution in [-0.4, -0.2) is 18.2 Å². The minimum atomic E-state index is 0.148. The third-order valence-corrected chi connectivity index (χ3v) is 3.96. The molecule has 0 saturated carbocycles. The molecule has 7 heteroatoms. The average Bonchev–Trinajstić information content (AvgIpc) is 3.25. The fourth-order valence-corrected chi connectivity index (χ4v) is 2.61. The maximum absolute atomic E-state index is 11.6. The molecule has 2 aromatic carbocycles. The molecular weight excluding hydrogens is 334 g/mol. The smallest absolute Gasteiger partial charge is 0.253 e. The zero-order valence-corrected chi connectivity index (χ0v) is 14.0. The highest BCUT2D eigenvalue weighted by atomic mass is 16.8. The average molecular weight is 349 g/mol. The summed E-state index contributed by atoms with van der Waals surface area (Å²) in [5.41, 5.74) is 3.07. The van der Waals surface area contributed by atoms with Crippen LogP contribution < -0.4 is 14.4 Å². The molecule has 3 aromatic rings. The van der Waals surface area contributed by atoms with Crippen LogP contribution in [-0.2, 0) is 0 Å². The number of allylic oxidation sites excluding steroid dienone is 1. The summed E-state index contributed by atoms with van der Waals surface area (Å²) in [5.74, 6) is 1.18. The van der Waals surface area contributed by atoms with Crippen molar-refractivity contribution in [3.8, 4) is 22.8 Å². The number of hydrogen-bond donors (Lipinski definition) is 0. The van der Waals surface area contributed by atoms with Crippen molar-refractivity contribution in [1.82, 2.24) is 5.16 Å². The predicted octanol–water partition coefficient (Wildman–Crippen LogP) is 3.43. The lowest BCUT2D eigenvalue weighted by atomic mass is 10.1. The van der Waals surface area contributed by atoms with E-state index in [1.165, 1.54) is 0 Å². The van der Waals surface area contributed by atoms with Crippen LogP contribution in [0.5, 0.6) is 11.5 Å². The molecule has 26 heavy (non-hydrogen) atoms. The van der Waals surface area contributed by atoms with Gasteiger partial charge in [-0.2, -0.15) is 0 Å². The first-order valence-electron chi connectivity index (χ1n) is 7.98. The Morgan fingerprint density at radius 2 is 1.92 bits per heavy atom. The Hall–Kier alpha value is -3.61. The zero-order valence-electron chi connectivity index (χ0n) is 14.0. The van der Waals surface area contributed by atoms with E-state index in [1.54, 1.807) is 25.3 Å². The van der Waals surface area contributed by atoms with Gasteiger partial charge in [-0.3, -0.25) is 9.62 Å². The number of aromatic nitrogens is 2. The molecular formula is C19H15N3O4. The van der Waals surface area contributed by atoms with Gasteiger partial charge in [0.05, 0.1) is 11.3 Å². The predicted molar refractivity (Wildman–Crippen MR) is 95.4 cm³/mol. The molecule has 0 fully saturated rings. The SMILES string of the molecule is Cc1c(-c2cc3c(cc2N=C/C=C/c2ccccc2)OCO3)no[n+]1[O-]. The van der Waals surface area contributed by atoms with Crippen LogP contribution in [0.3, 0.4) is 0 Å². The van der Waals surface area contributed by atoms with Crippen molar-refractivity contribution in [1.29, 1.82) is 0 Å². The second kappa shape index (κ2) is 6.72. The molecule has 0 spiro atoms. The maximum Gasteiger partial charge on any atom is 0.253 e. The summed E-state index contributed by atoms with van der Waals surface area (Å²) < 4.78 is 15.5. The van der Waals surface area contributed by atoms with Crippen molar-refractivity contribution in [3.05, 3.63) is 65.0 Å². The van der Waals surface area contributed by atoms with Gasteiger partial charge in [-0.05, 0) is 22.6 Å². The van der Waals surface area contributed by atoms with Gasteiger partial charge in [-0.1, -0.05) is 36.4 Å². The van der Waals surface area contributed by atoms with Gasteiger partial charge in [-0.25, -0.2) is 0 Å². The quantitative estimate of drug-likeness (QED) is 0.532. The minimum Gasteiger partial charge on any atom is -0.454 e. The zero-order chi connectivity index (χ0) is 17.9. The fourth-order valence-electron chi connectivity index (χ4n) is 2.61. The summed E-state index contributed by atoms with van der Waals surface area (Å²) in [4.78, 5) is 4.85. The van der Waals surface area contributed by atoms with E-state index in [-0.39, 0.29) is 6.79 Å². The van der Waals surface area contributed by atoms with Gasteiger partial charge < -0.3 is 14.7 Å². The Balaban J connectivity index is 1.69. The highest BCUT2D eigenvalue weighted by Crippen LogP contribution is 2.42. The summed E-state index contributed by atoms with van der Waals surface area (Å²) >= 11 is 0. The molecule has 0 unspecified atom stereocenters. The van der Waals surface area contributed by atoms with Crippen LogP contribution in [0.1, 0.15) is 11.3 Å². The number of nitrogens with zero attached hydrogens (tertiary/aromatic N) is 3. The Morgan fingerprint density at radius 1 is 1.15 bits per heavy atom. The van der Waals surface area contributed by atoms with Gasteiger partial charge in [0.1, 0.15) is 0 Å². The Labute approximate surface area is 149 Å². The molecule has 7 nitrogen and oxygen atoms in total. The van der Waals surface area contributed by atoms with Gasteiger partial charge >= 0.3 is 0 Å². The Kier molecular flexibility index (Phi) is 4.10. The van der Waals surface area contributed by atoms with Crippen molar-refractivity contribution in [2.45, 2.75) is 6.92 Å². The number of aliphatic imine (C=N–C) groups is 1. The van der Waals surface area contributed by atoms with Gasteiger partial charge in [-0.15, -0.1) is 0 Å². The second-order valence-corrected chi connectivity index (χ2v) is 5.63. The van der Waals surface area contributed by atoms with Gasteiger partial charge in [0.2, 0.25) is 12.5 Å². The fraction of sp³-hybridized carbons (Fsp3) is 0.105. The molecule has 0 radical (unpaired) electrons. The lowest BCUT2D eigenvalue weighted by molar-refractivity contribution is -0.806. The molecule has 0 aliphatic carbocycles. The van der Waals surface area contributed by atoms with E-state index in [9.17, 15) is 5.21 Å². The Bertz CT molecular complexity index is 994. The molecule has 1 aromatic heterocycles. The van der Waals surface area contributed by atoms with E-state index in [4.69, 9.17) is 9.47 Å². The standard InChI is InChI=1S/C19H15N3O4/c1-13-19(21-26-22(13)23)15-10-17-18(25-12-24-17)11-16(15)20-9-5-8-14-6-3-2-4-7-14/h2-11H,12H2,1H3/b8-5+,20-9?. The van der Waals surface area contributed by atoms with E-state index in [2.05, 4.69) is 14.8 Å². The van der Waals surface area contributed by atoms with Crippen molar-refractivity contribution in [2.75, 3.05) is 6.79 Å². The molecule has 0 saturated heterocycles. The van der Waals surface area contributed by atoms with E-state index >= 15 is 0 Å². The summed E-state index contributed by atoms with van der Waals surface area (Å²) in [6.07, 6.45) is 5.46. The molecule has 4 rings (SSSR count). The molecule has 1 aliphatic heterocycles. The third-order valence-electron chi connectivity index (χ3n) is 3.96. The van der Waals surface area contributed by atoms with Crippen molar-refractivity contribution in [3.63, 3.8) is 0 Å². The van der Waals surface area contributed by atoms with E-state index in [0.717, 1.165) is 5.56 Å². The number of hydrogen-bond acceptors (Lipinski definition) is 6. The van der Waals surface area contributed by atoms with E-state index in [1.807, 2.05) is 42.5 Å². The first-order chi connectivity index (χ1) is 12.7. The second-order valence-electron chi connectivity index (χ2n) is 5.63. The molecule has 1 aliphatic rings. The largest absolute Gasteiger partial charge is 0.454 e.